The second kappa shape index (κ2) is 6.76. The number of carbonyl (C=O) groups is 1. The average Bonchev–Trinajstić information content (AvgIpc) is 2.39. The monoisotopic (exact) mass is 303 g/mol. The summed E-state index contributed by atoms with van der Waals surface area (Å²) in [7, 11) is -3.71. The zero-order chi connectivity index (χ0) is 14.6. The molecule has 1 unspecified atom stereocenters. The van der Waals surface area contributed by atoms with Gasteiger partial charge >= 0.3 is 16.2 Å². The van der Waals surface area contributed by atoms with E-state index in [1.807, 2.05) is 6.92 Å². The highest BCUT2D eigenvalue weighted by Crippen LogP contribution is 2.19. The first-order valence-electron chi connectivity index (χ1n) is 7.59. The normalized spacial score (nSPS) is 26.1. The van der Waals surface area contributed by atoms with E-state index in [2.05, 4.69) is 10.0 Å². The fourth-order valence-electron chi connectivity index (χ4n) is 3.07. The first kappa shape index (κ1) is 15.6. The maximum Gasteiger partial charge on any atom is 0.329 e. The molecule has 2 amide bonds. The van der Waals surface area contributed by atoms with Gasteiger partial charge in [0.15, 0.2) is 0 Å². The molecule has 0 radical (unpaired) electrons. The quantitative estimate of drug-likeness (QED) is 0.833. The summed E-state index contributed by atoms with van der Waals surface area (Å²) < 4.78 is 28.0. The number of hydrogen-bond acceptors (Lipinski definition) is 3. The second-order valence-electron chi connectivity index (χ2n) is 5.87. The Morgan fingerprint density at radius 2 is 1.70 bits per heavy atom. The second-order valence-corrected chi connectivity index (χ2v) is 7.49. The minimum atomic E-state index is -3.71. The van der Waals surface area contributed by atoms with E-state index in [-0.39, 0.29) is 12.1 Å². The number of rotatable bonds is 3. The van der Waals surface area contributed by atoms with E-state index in [9.17, 15) is 13.2 Å². The van der Waals surface area contributed by atoms with Crippen molar-refractivity contribution in [3.05, 3.63) is 0 Å². The fraction of sp³-hybridized carbons (Fsp3) is 0.923. The molecule has 0 spiro atoms. The molecule has 1 heterocycles. The Balaban J connectivity index is 1.88. The SMILES string of the molecule is CC1CCCCN1S(=O)(=O)NC(=O)NC1CCCCC1. The molecule has 1 aliphatic carbocycles. The minimum Gasteiger partial charge on any atom is -0.335 e. The molecule has 2 aliphatic rings. The summed E-state index contributed by atoms with van der Waals surface area (Å²) in [6.45, 7) is 2.38. The maximum absolute atomic E-state index is 12.2. The molecule has 6 nitrogen and oxygen atoms in total. The molecule has 20 heavy (non-hydrogen) atoms. The van der Waals surface area contributed by atoms with Gasteiger partial charge in [-0.2, -0.15) is 12.7 Å². The molecule has 7 heteroatoms. The molecule has 2 fully saturated rings. The van der Waals surface area contributed by atoms with Gasteiger partial charge < -0.3 is 5.32 Å². The Bertz CT molecular complexity index is 432. The third kappa shape index (κ3) is 4.09. The standard InChI is InChI=1S/C13H25N3O3S/c1-11-7-5-6-10-16(11)20(18,19)15-13(17)14-12-8-3-2-4-9-12/h11-12H,2-10H2,1H3,(H2,14,15,17). The Morgan fingerprint density at radius 3 is 2.35 bits per heavy atom. The lowest BCUT2D eigenvalue weighted by atomic mass is 9.96. The van der Waals surface area contributed by atoms with Gasteiger partial charge in [0.2, 0.25) is 0 Å². The number of amides is 2. The largest absolute Gasteiger partial charge is 0.335 e. The lowest BCUT2D eigenvalue weighted by molar-refractivity contribution is 0.233. The molecule has 0 aromatic carbocycles. The van der Waals surface area contributed by atoms with Crippen LogP contribution < -0.4 is 10.0 Å². The predicted molar refractivity (Wildman–Crippen MR) is 77.5 cm³/mol. The van der Waals surface area contributed by atoms with Crippen molar-refractivity contribution < 1.29 is 13.2 Å². The number of carbonyl (C=O) groups excluding carboxylic acids is 1. The average molecular weight is 303 g/mol. The Kier molecular flexibility index (Phi) is 5.26. The predicted octanol–water partition coefficient (Wildman–Crippen LogP) is 1.74. The zero-order valence-electron chi connectivity index (χ0n) is 12.1. The van der Waals surface area contributed by atoms with Crippen molar-refractivity contribution in [1.82, 2.24) is 14.3 Å². The smallest absolute Gasteiger partial charge is 0.329 e. The Labute approximate surface area is 121 Å². The molecule has 1 saturated carbocycles. The summed E-state index contributed by atoms with van der Waals surface area (Å²) >= 11 is 0. The van der Waals surface area contributed by atoms with E-state index in [1.165, 1.54) is 10.7 Å². The highest BCUT2D eigenvalue weighted by molar-refractivity contribution is 7.87. The van der Waals surface area contributed by atoms with E-state index >= 15 is 0 Å². The topological polar surface area (TPSA) is 78.5 Å². The summed E-state index contributed by atoms with van der Waals surface area (Å²) in [6.07, 6.45) is 8.02. The molecule has 2 rings (SSSR count). The van der Waals surface area contributed by atoms with Crippen LogP contribution in [0.3, 0.4) is 0 Å². The zero-order valence-corrected chi connectivity index (χ0v) is 12.9. The molecule has 116 valence electrons. The number of urea groups is 1. The first-order valence-corrected chi connectivity index (χ1v) is 9.03. The van der Waals surface area contributed by atoms with Gasteiger partial charge in [0.25, 0.3) is 0 Å². The van der Waals surface area contributed by atoms with E-state index in [0.29, 0.717) is 6.54 Å². The van der Waals surface area contributed by atoms with Gasteiger partial charge in [0.05, 0.1) is 0 Å². The van der Waals surface area contributed by atoms with Crippen LogP contribution in [0.25, 0.3) is 0 Å². The van der Waals surface area contributed by atoms with Gasteiger partial charge in [-0.25, -0.2) is 9.52 Å². The van der Waals surface area contributed by atoms with Crippen LogP contribution in [-0.2, 0) is 10.2 Å². The molecule has 0 aromatic heterocycles. The van der Waals surface area contributed by atoms with Crippen molar-refractivity contribution in [1.29, 1.82) is 0 Å². The summed E-state index contributed by atoms with van der Waals surface area (Å²) in [5.74, 6) is 0. The van der Waals surface area contributed by atoms with Gasteiger partial charge in [-0.05, 0) is 32.6 Å². The van der Waals surface area contributed by atoms with Crippen LogP contribution >= 0.6 is 0 Å². The van der Waals surface area contributed by atoms with Gasteiger partial charge in [-0.1, -0.05) is 25.7 Å². The van der Waals surface area contributed by atoms with Crippen LogP contribution in [0.5, 0.6) is 0 Å². The van der Waals surface area contributed by atoms with Gasteiger partial charge in [-0.15, -0.1) is 0 Å². The highest BCUT2D eigenvalue weighted by atomic mass is 32.2. The van der Waals surface area contributed by atoms with Crippen LogP contribution in [-0.4, -0.2) is 37.4 Å². The van der Waals surface area contributed by atoms with E-state index in [1.54, 1.807) is 0 Å². The van der Waals surface area contributed by atoms with Crippen molar-refractivity contribution in [2.75, 3.05) is 6.54 Å². The van der Waals surface area contributed by atoms with Gasteiger partial charge in [0.1, 0.15) is 0 Å². The van der Waals surface area contributed by atoms with Crippen molar-refractivity contribution in [3.8, 4) is 0 Å². The Morgan fingerprint density at radius 1 is 1.05 bits per heavy atom. The number of piperidine rings is 1. The molecule has 2 N–H and O–H groups in total. The molecule has 0 bridgehead atoms. The number of hydrogen-bond donors (Lipinski definition) is 2. The lowest BCUT2D eigenvalue weighted by Gasteiger charge is -2.32. The fourth-order valence-corrected chi connectivity index (χ4v) is 4.43. The molecular weight excluding hydrogens is 278 g/mol. The minimum absolute atomic E-state index is 0.0382. The molecule has 1 atom stereocenters. The third-order valence-electron chi connectivity index (χ3n) is 4.21. The lowest BCUT2D eigenvalue weighted by Crippen LogP contribution is -2.53. The van der Waals surface area contributed by atoms with Crippen LogP contribution in [0.2, 0.25) is 0 Å². The third-order valence-corrected chi connectivity index (χ3v) is 5.82. The summed E-state index contributed by atoms with van der Waals surface area (Å²) in [6, 6.07) is -0.517. The Hall–Kier alpha value is -0.820. The maximum atomic E-state index is 12.2. The van der Waals surface area contributed by atoms with Gasteiger partial charge in [0, 0.05) is 18.6 Å². The summed E-state index contributed by atoms with van der Waals surface area (Å²) in [4.78, 5) is 11.8. The van der Waals surface area contributed by atoms with E-state index < -0.39 is 16.2 Å². The van der Waals surface area contributed by atoms with Gasteiger partial charge in [-0.3, -0.25) is 0 Å². The van der Waals surface area contributed by atoms with Crippen LogP contribution in [0.4, 0.5) is 4.79 Å². The molecule has 0 aromatic rings. The highest BCUT2D eigenvalue weighted by Gasteiger charge is 2.31. The summed E-state index contributed by atoms with van der Waals surface area (Å²) in [5, 5.41) is 2.77. The molecular formula is C13H25N3O3S. The van der Waals surface area contributed by atoms with E-state index in [0.717, 1.165) is 44.9 Å². The van der Waals surface area contributed by atoms with Crippen molar-refractivity contribution in [2.45, 2.75) is 70.4 Å². The van der Waals surface area contributed by atoms with E-state index in [4.69, 9.17) is 0 Å². The van der Waals surface area contributed by atoms with Crippen molar-refractivity contribution in [2.24, 2.45) is 0 Å². The number of nitrogens with one attached hydrogen (secondary N) is 2. The van der Waals surface area contributed by atoms with Crippen LogP contribution in [0.1, 0.15) is 58.3 Å². The van der Waals surface area contributed by atoms with Crippen LogP contribution in [0.15, 0.2) is 0 Å². The molecule has 1 saturated heterocycles. The van der Waals surface area contributed by atoms with Crippen molar-refractivity contribution >= 4 is 16.2 Å². The van der Waals surface area contributed by atoms with Crippen molar-refractivity contribution in [3.63, 3.8) is 0 Å². The first-order chi connectivity index (χ1) is 9.49. The molecule has 1 aliphatic heterocycles. The van der Waals surface area contributed by atoms with Crippen LogP contribution in [0, 0.1) is 0 Å². The summed E-state index contributed by atoms with van der Waals surface area (Å²) in [5.41, 5.74) is 0. The number of nitrogens with zero attached hydrogens (tertiary/aromatic N) is 1.